The highest BCUT2D eigenvalue weighted by Crippen LogP contribution is 2.35. The summed E-state index contributed by atoms with van der Waals surface area (Å²) in [5, 5.41) is 6.34. The van der Waals surface area contributed by atoms with E-state index in [1.54, 1.807) is 11.3 Å². The SMILES string of the molecule is Cc1cccc(C)c1Nc1c(-c2cccs2)nc2ccc(Cl)cn12. The summed E-state index contributed by atoms with van der Waals surface area (Å²) < 4.78 is 2.02. The molecule has 0 spiro atoms. The van der Waals surface area contributed by atoms with Crippen molar-refractivity contribution >= 4 is 40.1 Å². The van der Waals surface area contributed by atoms with Gasteiger partial charge in [-0.2, -0.15) is 0 Å². The van der Waals surface area contributed by atoms with Crippen molar-refractivity contribution in [2.75, 3.05) is 5.32 Å². The monoisotopic (exact) mass is 353 g/mol. The Bertz CT molecular complexity index is 998. The largest absolute Gasteiger partial charge is 0.339 e. The first-order valence-electron chi connectivity index (χ1n) is 7.68. The van der Waals surface area contributed by atoms with Gasteiger partial charge in [0, 0.05) is 11.9 Å². The molecule has 0 aliphatic carbocycles. The molecule has 0 bridgehead atoms. The Balaban J connectivity index is 1.95. The Labute approximate surface area is 149 Å². The van der Waals surface area contributed by atoms with Crippen LogP contribution in [0.25, 0.3) is 16.2 Å². The van der Waals surface area contributed by atoms with Crippen LogP contribution in [-0.4, -0.2) is 9.38 Å². The lowest BCUT2D eigenvalue weighted by Crippen LogP contribution is -2.00. The van der Waals surface area contributed by atoms with Crippen molar-refractivity contribution in [1.29, 1.82) is 0 Å². The fourth-order valence-corrected chi connectivity index (χ4v) is 3.73. The topological polar surface area (TPSA) is 29.3 Å². The fraction of sp³-hybridized carbons (Fsp3) is 0.105. The van der Waals surface area contributed by atoms with Crippen LogP contribution in [0.1, 0.15) is 11.1 Å². The van der Waals surface area contributed by atoms with Gasteiger partial charge < -0.3 is 5.32 Å². The predicted molar refractivity (Wildman–Crippen MR) is 103 cm³/mol. The van der Waals surface area contributed by atoms with Crippen molar-refractivity contribution in [2.24, 2.45) is 0 Å². The van der Waals surface area contributed by atoms with Crippen LogP contribution in [0.3, 0.4) is 0 Å². The van der Waals surface area contributed by atoms with Crippen molar-refractivity contribution in [3.05, 3.63) is 70.2 Å². The first-order valence-corrected chi connectivity index (χ1v) is 8.94. The van der Waals surface area contributed by atoms with Gasteiger partial charge in [0.25, 0.3) is 0 Å². The molecule has 3 aromatic heterocycles. The lowest BCUT2D eigenvalue weighted by molar-refractivity contribution is 1.18. The third-order valence-corrected chi connectivity index (χ3v) is 5.16. The van der Waals surface area contributed by atoms with E-state index in [1.165, 1.54) is 11.1 Å². The Morgan fingerprint density at radius 2 is 1.83 bits per heavy atom. The van der Waals surface area contributed by atoms with Crippen molar-refractivity contribution in [1.82, 2.24) is 9.38 Å². The van der Waals surface area contributed by atoms with Crippen LogP contribution in [0.4, 0.5) is 11.5 Å². The summed E-state index contributed by atoms with van der Waals surface area (Å²) in [6, 6.07) is 14.2. The standard InChI is InChI=1S/C19H16ClN3S/c1-12-5-3-6-13(2)17(12)22-19-18(15-7-4-10-24-15)21-16-9-8-14(20)11-23(16)19/h3-11,22H,1-2H3. The molecule has 3 nitrogen and oxygen atoms in total. The number of benzene rings is 1. The molecule has 0 fully saturated rings. The molecule has 0 radical (unpaired) electrons. The molecule has 0 aliphatic rings. The number of nitrogens with zero attached hydrogens (tertiary/aromatic N) is 2. The van der Waals surface area contributed by atoms with E-state index in [-0.39, 0.29) is 0 Å². The molecule has 1 N–H and O–H groups in total. The van der Waals surface area contributed by atoms with Gasteiger partial charge in [0.05, 0.1) is 9.90 Å². The first-order chi connectivity index (χ1) is 11.6. The highest BCUT2D eigenvalue weighted by Gasteiger charge is 2.16. The van der Waals surface area contributed by atoms with Crippen LogP contribution in [0.2, 0.25) is 5.02 Å². The number of thiophene rings is 1. The minimum Gasteiger partial charge on any atom is -0.339 e. The van der Waals surface area contributed by atoms with Gasteiger partial charge >= 0.3 is 0 Å². The van der Waals surface area contributed by atoms with E-state index in [4.69, 9.17) is 16.6 Å². The van der Waals surface area contributed by atoms with Crippen LogP contribution in [0, 0.1) is 13.8 Å². The number of halogens is 1. The van der Waals surface area contributed by atoms with Crippen LogP contribution >= 0.6 is 22.9 Å². The number of fused-ring (bicyclic) bond motifs is 1. The number of imidazole rings is 1. The number of rotatable bonds is 3. The van der Waals surface area contributed by atoms with E-state index < -0.39 is 0 Å². The van der Waals surface area contributed by atoms with E-state index in [1.807, 2.05) is 28.8 Å². The summed E-state index contributed by atoms with van der Waals surface area (Å²) in [4.78, 5) is 5.93. The summed E-state index contributed by atoms with van der Waals surface area (Å²) in [7, 11) is 0. The molecule has 1 aromatic carbocycles. The minimum atomic E-state index is 0.683. The zero-order chi connectivity index (χ0) is 16.7. The number of aryl methyl sites for hydroxylation is 2. The second-order valence-electron chi connectivity index (χ2n) is 5.75. The van der Waals surface area contributed by atoms with Crippen LogP contribution in [0.5, 0.6) is 0 Å². The summed E-state index contributed by atoms with van der Waals surface area (Å²) in [5.74, 6) is 0.937. The lowest BCUT2D eigenvalue weighted by atomic mass is 10.1. The number of hydrogen-bond acceptors (Lipinski definition) is 3. The van der Waals surface area contributed by atoms with Gasteiger partial charge in [-0.25, -0.2) is 4.98 Å². The Kier molecular flexibility index (Phi) is 3.79. The fourth-order valence-electron chi connectivity index (χ4n) is 2.85. The summed E-state index contributed by atoms with van der Waals surface area (Å²) in [6.45, 7) is 4.21. The zero-order valence-corrected chi connectivity index (χ0v) is 14.9. The van der Waals surface area contributed by atoms with Crippen LogP contribution in [-0.2, 0) is 0 Å². The summed E-state index contributed by atoms with van der Waals surface area (Å²) in [5.41, 5.74) is 5.32. The van der Waals surface area contributed by atoms with Crippen molar-refractivity contribution in [3.8, 4) is 10.6 Å². The van der Waals surface area contributed by atoms with Gasteiger partial charge in [-0.3, -0.25) is 4.40 Å². The maximum atomic E-state index is 6.22. The van der Waals surface area contributed by atoms with Gasteiger partial charge in [0.1, 0.15) is 17.2 Å². The molecule has 4 aromatic rings. The highest BCUT2D eigenvalue weighted by atomic mass is 35.5. The van der Waals surface area contributed by atoms with Gasteiger partial charge in [0.15, 0.2) is 0 Å². The Morgan fingerprint density at radius 1 is 1.04 bits per heavy atom. The average Bonchev–Trinajstić information content (AvgIpc) is 3.18. The second-order valence-corrected chi connectivity index (χ2v) is 7.14. The molecular weight excluding hydrogens is 338 g/mol. The molecule has 5 heteroatoms. The molecule has 24 heavy (non-hydrogen) atoms. The van der Waals surface area contributed by atoms with Crippen LogP contribution in [0.15, 0.2) is 54.0 Å². The molecule has 0 aliphatic heterocycles. The normalized spacial score (nSPS) is 11.1. The van der Waals surface area contributed by atoms with Gasteiger partial charge in [0.2, 0.25) is 0 Å². The zero-order valence-electron chi connectivity index (χ0n) is 13.4. The molecule has 4 rings (SSSR count). The lowest BCUT2D eigenvalue weighted by Gasteiger charge is -2.13. The van der Waals surface area contributed by atoms with Crippen LogP contribution < -0.4 is 5.32 Å². The number of para-hydroxylation sites is 1. The summed E-state index contributed by atoms with van der Waals surface area (Å²) in [6.07, 6.45) is 1.90. The Hall–Kier alpha value is -2.30. The molecule has 0 saturated heterocycles. The Morgan fingerprint density at radius 3 is 2.54 bits per heavy atom. The number of hydrogen-bond donors (Lipinski definition) is 1. The molecule has 0 unspecified atom stereocenters. The van der Waals surface area contributed by atoms with Gasteiger partial charge in [-0.15, -0.1) is 11.3 Å². The molecule has 0 saturated carbocycles. The summed E-state index contributed by atoms with van der Waals surface area (Å²) >= 11 is 7.90. The maximum Gasteiger partial charge on any atom is 0.144 e. The molecule has 0 atom stereocenters. The molecule has 3 heterocycles. The van der Waals surface area contributed by atoms with Gasteiger partial charge in [-0.05, 0) is 48.6 Å². The van der Waals surface area contributed by atoms with Gasteiger partial charge in [-0.1, -0.05) is 35.9 Å². The van der Waals surface area contributed by atoms with E-state index in [9.17, 15) is 0 Å². The van der Waals surface area contributed by atoms with Crippen molar-refractivity contribution < 1.29 is 0 Å². The van der Waals surface area contributed by atoms with E-state index >= 15 is 0 Å². The highest BCUT2D eigenvalue weighted by molar-refractivity contribution is 7.13. The third-order valence-electron chi connectivity index (χ3n) is 4.06. The predicted octanol–water partition coefficient (Wildman–Crippen LogP) is 6.08. The first kappa shape index (κ1) is 15.2. The third kappa shape index (κ3) is 2.58. The van der Waals surface area contributed by atoms with E-state index in [0.29, 0.717) is 5.02 Å². The molecule has 0 amide bonds. The number of aromatic nitrogens is 2. The quantitative estimate of drug-likeness (QED) is 0.483. The smallest absolute Gasteiger partial charge is 0.144 e. The van der Waals surface area contributed by atoms with Crippen molar-refractivity contribution in [2.45, 2.75) is 13.8 Å². The maximum absolute atomic E-state index is 6.22. The number of nitrogens with one attached hydrogen (secondary N) is 1. The van der Waals surface area contributed by atoms with E-state index in [2.05, 4.69) is 48.8 Å². The number of pyridine rings is 1. The minimum absolute atomic E-state index is 0.683. The second kappa shape index (κ2) is 5.96. The number of anilines is 2. The molecule has 120 valence electrons. The van der Waals surface area contributed by atoms with Crippen molar-refractivity contribution in [3.63, 3.8) is 0 Å². The van der Waals surface area contributed by atoms with E-state index in [0.717, 1.165) is 27.7 Å². The average molecular weight is 354 g/mol. The molecular formula is C19H16ClN3S.